The lowest BCUT2D eigenvalue weighted by atomic mass is 9.95. The van der Waals surface area contributed by atoms with Crippen molar-refractivity contribution in [2.24, 2.45) is 5.41 Å². The fourth-order valence-electron chi connectivity index (χ4n) is 1.76. The highest BCUT2D eigenvalue weighted by molar-refractivity contribution is 6.19. The number of alkyl halides is 1. The molecule has 3 nitrogen and oxygen atoms in total. The van der Waals surface area contributed by atoms with Gasteiger partial charge in [-0.1, -0.05) is 18.2 Å². The minimum atomic E-state index is -0.532. The summed E-state index contributed by atoms with van der Waals surface area (Å²) >= 11 is 5.76. The Morgan fingerprint density at radius 1 is 1.37 bits per heavy atom. The summed E-state index contributed by atoms with van der Waals surface area (Å²) in [5.41, 5.74) is 0.347. The number of hydrogen-bond donors (Lipinski definition) is 1. The molecule has 1 N–H and O–H groups in total. The lowest BCUT2D eigenvalue weighted by molar-refractivity contribution is -0.128. The molecule has 2 rings (SSSR count). The summed E-state index contributed by atoms with van der Waals surface area (Å²) in [6.07, 6.45) is 0.679. The van der Waals surface area contributed by atoms with Gasteiger partial charge in [0, 0.05) is 24.2 Å². The first-order chi connectivity index (χ1) is 9.03. The number of hydrogen-bond acceptors (Lipinski definition) is 2. The Hall–Kier alpha value is -1.48. The van der Waals surface area contributed by atoms with Crippen molar-refractivity contribution in [2.75, 3.05) is 12.4 Å². The zero-order valence-electron chi connectivity index (χ0n) is 11.2. The van der Waals surface area contributed by atoms with Crippen molar-refractivity contribution >= 4 is 28.5 Å². The highest BCUT2D eigenvalue weighted by atomic mass is 35.5. The molecule has 0 aliphatic heterocycles. The summed E-state index contributed by atoms with van der Waals surface area (Å²) in [5, 5.41) is 3.97. The molecule has 1 amide bonds. The van der Waals surface area contributed by atoms with Crippen LogP contribution in [0, 0.1) is 5.41 Å². The number of carbonyl (C=O) groups excluding carboxylic acids is 1. The first-order valence-electron chi connectivity index (χ1n) is 6.34. The van der Waals surface area contributed by atoms with Gasteiger partial charge in [0.15, 0.2) is 0 Å². The van der Waals surface area contributed by atoms with Crippen LogP contribution in [0.25, 0.3) is 11.0 Å². The van der Waals surface area contributed by atoms with E-state index in [4.69, 9.17) is 16.0 Å². The van der Waals surface area contributed by atoms with E-state index in [1.165, 1.54) is 0 Å². The molecule has 2 aromatic rings. The second-order valence-electron chi connectivity index (χ2n) is 5.27. The van der Waals surface area contributed by atoms with Gasteiger partial charge in [-0.25, -0.2) is 0 Å². The van der Waals surface area contributed by atoms with Crippen molar-refractivity contribution in [1.82, 2.24) is 5.32 Å². The average Bonchev–Trinajstić information content (AvgIpc) is 2.81. The van der Waals surface area contributed by atoms with Gasteiger partial charge in [0.05, 0.1) is 5.41 Å². The van der Waals surface area contributed by atoms with Crippen LogP contribution in [0.3, 0.4) is 0 Å². The zero-order valence-corrected chi connectivity index (χ0v) is 12.0. The molecule has 0 spiro atoms. The third-order valence-electron chi connectivity index (χ3n) is 3.08. The van der Waals surface area contributed by atoms with Crippen LogP contribution in [0.4, 0.5) is 0 Å². The van der Waals surface area contributed by atoms with E-state index in [9.17, 15) is 4.79 Å². The van der Waals surface area contributed by atoms with Gasteiger partial charge in [0.25, 0.3) is 0 Å². The number of benzene rings is 1. The molecule has 0 saturated heterocycles. The van der Waals surface area contributed by atoms with E-state index in [2.05, 4.69) is 5.32 Å². The molecule has 0 atom stereocenters. The molecule has 19 heavy (non-hydrogen) atoms. The van der Waals surface area contributed by atoms with Gasteiger partial charge in [0.2, 0.25) is 5.91 Å². The number of carbonyl (C=O) groups is 1. The number of fused-ring (bicyclic) bond motifs is 1. The van der Waals surface area contributed by atoms with E-state index in [0.29, 0.717) is 18.8 Å². The van der Waals surface area contributed by atoms with Gasteiger partial charge in [-0.2, -0.15) is 0 Å². The quantitative estimate of drug-likeness (QED) is 0.853. The van der Waals surface area contributed by atoms with Crippen LogP contribution in [0.5, 0.6) is 0 Å². The maximum absolute atomic E-state index is 11.8. The van der Waals surface area contributed by atoms with E-state index in [0.717, 1.165) is 16.7 Å². The average molecular weight is 280 g/mol. The van der Waals surface area contributed by atoms with Gasteiger partial charge in [0.1, 0.15) is 11.3 Å². The molecule has 0 aliphatic rings. The van der Waals surface area contributed by atoms with Crippen molar-refractivity contribution in [2.45, 2.75) is 20.3 Å². The molecule has 0 fully saturated rings. The molecule has 102 valence electrons. The van der Waals surface area contributed by atoms with Gasteiger partial charge in [-0.15, -0.1) is 11.6 Å². The second kappa shape index (κ2) is 5.66. The lowest BCUT2D eigenvalue weighted by Gasteiger charge is -2.19. The molecule has 0 unspecified atom stereocenters. The molecular weight excluding hydrogens is 262 g/mol. The zero-order chi connectivity index (χ0) is 13.9. The normalized spacial score (nSPS) is 11.7. The number of nitrogens with one attached hydrogen (secondary N) is 1. The smallest absolute Gasteiger partial charge is 0.226 e. The maximum Gasteiger partial charge on any atom is 0.226 e. The Kier molecular flexibility index (Phi) is 4.15. The summed E-state index contributed by atoms with van der Waals surface area (Å²) in [7, 11) is 0. The molecule has 0 saturated carbocycles. The standard InChI is InChI=1S/C15H18ClNO2/c1-15(2,10-16)14(18)17-8-7-12-9-11-5-3-4-6-13(11)19-12/h3-6,9H,7-8,10H2,1-2H3,(H,17,18). The number of rotatable bonds is 5. The van der Waals surface area contributed by atoms with Crippen LogP contribution in [-0.2, 0) is 11.2 Å². The van der Waals surface area contributed by atoms with E-state index in [-0.39, 0.29) is 5.91 Å². The van der Waals surface area contributed by atoms with E-state index in [1.54, 1.807) is 0 Å². The third kappa shape index (κ3) is 3.29. The number of furan rings is 1. The number of halogens is 1. The molecule has 1 aromatic carbocycles. The van der Waals surface area contributed by atoms with Crippen molar-refractivity contribution in [1.29, 1.82) is 0 Å². The highest BCUT2D eigenvalue weighted by Gasteiger charge is 2.25. The molecule has 0 radical (unpaired) electrons. The van der Waals surface area contributed by atoms with E-state index < -0.39 is 5.41 Å². The fraction of sp³-hybridized carbons (Fsp3) is 0.400. The predicted molar refractivity (Wildman–Crippen MR) is 77.4 cm³/mol. The van der Waals surface area contributed by atoms with Crippen LogP contribution in [0.15, 0.2) is 34.7 Å². The van der Waals surface area contributed by atoms with Gasteiger partial charge < -0.3 is 9.73 Å². The summed E-state index contributed by atoms with van der Waals surface area (Å²) in [6.45, 7) is 4.21. The fourth-order valence-corrected chi connectivity index (χ4v) is 1.88. The van der Waals surface area contributed by atoms with Crippen molar-refractivity contribution in [3.63, 3.8) is 0 Å². The van der Waals surface area contributed by atoms with Crippen LogP contribution >= 0.6 is 11.6 Å². The van der Waals surface area contributed by atoms with Gasteiger partial charge >= 0.3 is 0 Å². The Morgan fingerprint density at radius 3 is 2.79 bits per heavy atom. The van der Waals surface area contributed by atoms with Crippen LogP contribution in [0.1, 0.15) is 19.6 Å². The van der Waals surface area contributed by atoms with Crippen LogP contribution in [-0.4, -0.2) is 18.3 Å². The van der Waals surface area contributed by atoms with E-state index in [1.807, 2.05) is 44.2 Å². The Labute approximate surface area is 117 Å². The first kappa shape index (κ1) is 13.9. The highest BCUT2D eigenvalue weighted by Crippen LogP contribution is 2.19. The minimum Gasteiger partial charge on any atom is -0.461 e. The van der Waals surface area contributed by atoms with Crippen LogP contribution in [0.2, 0.25) is 0 Å². The molecule has 1 heterocycles. The molecule has 4 heteroatoms. The monoisotopic (exact) mass is 279 g/mol. The largest absolute Gasteiger partial charge is 0.461 e. The predicted octanol–water partition coefficient (Wildman–Crippen LogP) is 3.36. The summed E-state index contributed by atoms with van der Waals surface area (Å²) in [4.78, 5) is 11.8. The van der Waals surface area contributed by atoms with E-state index >= 15 is 0 Å². The molecule has 0 aliphatic carbocycles. The summed E-state index contributed by atoms with van der Waals surface area (Å²) in [5.74, 6) is 1.16. The number of para-hydroxylation sites is 1. The topological polar surface area (TPSA) is 42.2 Å². The second-order valence-corrected chi connectivity index (χ2v) is 5.54. The SMILES string of the molecule is CC(C)(CCl)C(=O)NCCc1cc2ccccc2o1. The van der Waals surface area contributed by atoms with Crippen molar-refractivity contribution in [3.05, 3.63) is 36.1 Å². The minimum absolute atomic E-state index is 0.0291. The van der Waals surface area contributed by atoms with Crippen LogP contribution < -0.4 is 5.32 Å². The van der Waals surface area contributed by atoms with Gasteiger partial charge in [-0.05, 0) is 26.0 Å². The van der Waals surface area contributed by atoms with Crippen molar-refractivity contribution in [3.8, 4) is 0 Å². The van der Waals surface area contributed by atoms with Gasteiger partial charge in [-0.3, -0.25) is 4.79 Å². The molecule has 0 bridgehead atoms. The lowest BCUT2D eigenvalue weighted by Crippen LogP contribution is -2.39. The first-order valence-corrected chi connectivity index (χ1v) is 6.88. The van der Waals surface area contributed by atoms with Crippen molar-refractivity contribution < 1.29 is 9.21 Å². The Morgan fingerprint density at radius 2 is 2.11 bits per heavy atom. The molecular formula is C15H18ClNO2. The third-order valence-corrected chi connectivity index (χ3v) is 3.75. The Bertz CT molecular complexity index is 541. The summed E-state index contributed by atoms with van der Waals surface area (Å²) < 4.78 is 5.68. The Balaban J connectivity index is 1.91. The maximum atomic E-state index is 11.8. The summed E-state index contributed by atoms with van der Waals surface area (Å²) in [6, 6.07) is 9.88. The number of amides is 1. The molecule has 1 aromatic heterocycles.